The van der Waals surface area contributed by atoms with E-state index in [0.29, 0.717) is 20.0 Å². The second-order valence-corrected chi connectivity index (χ2v) is 7.68. The zero-order valence-electron chi connectivity index (χ0n) is 9.77. The number of rotatable bonds is 4. The van der Waals surface area contributed by atoms with Crippen molar-refractivity contribution >= 4 is 37.7 Å². The van der Waals surface area contributed by atoms with Crippen LogP contribution in [0.4, 0.5) is 0 Å². The van der Waals surface area contributed by atoms with Crippen LogP contribution in [-0.2, 0) is 16.6 Å². The van der Waals surface area contributed by atoms with E-state index in [1.165, 1.54) is 22.7 Å². The van der Waals surface area contributed by atoms with Crippen molar-refractivity contribution in [3.63, 3.8) is 0 Å². The van der Waals surface area contributed by atoms with Crippen LogP contribution in [0.2, 0.25) is 0 Å². The van der Waals surface area contributed by atoms with Crippen molar-refractivity contribution in [2.75, 3.05) is 0 Å². The van der Waals surface area contributed by atoms with Gasteiger partial charge in [0.2, 0.25) is 15.0 Å². The maximum atomic E-state index is 11.9. The number of hydrogen-bond acceptors (Lipinski definition) is 7. The predicted molar refractivity (Wildman–Crippen MR) is 71.7 cm³/mol. The second-order valence-electron chi connectivity index (χ2n) is 3.69. The Hall–Kier alpha value is -1.36. The molecule has 3 rings (SSSR count). The van der Waals surface area contributed by atoms with E-state index >= 15 is 0 Å². The van der Waals surface area contributed by atoms with Crippen molar-refractivity contribution in [3.05, 3.63) is 28.3 Å². The van der Waals surface area contributed by atoms with E-state index < -0.39 is 10.0 Å². The van der Waals surface area contributed by atoms with Crippen LogP contribution in [0.25, 0.3) is 4.96 Å². The normalized spacial score (nSPS) is 12.3. The predicted octanol–water partition coefficient (Wildman–Crippen LogP) is 1.03. The van der Waals surface area contributed by atoms with Crippen molar-refractivity contribution < 1.29 is 8.42 Å². The molecular formula is C9H9N5O2S3. The maximum absolute atomic E-state index is 11.9. The second kappa shape index (κ2) is 4.63. The fourth-order valence-corrected chi connectivity index (χ4v) is 4.41. The van der Waals surface area contributed by atoms with E-state index in [0.717, 1.165) is 0 Å². The lowest BCUT2D eigenvalue weighted by Gasteiger charge is -2.01. The Balaban J connectivity index is 1.79. The van der Waals surface area contributed by atoms with Gasteiger partial charge in [-0.25, -0.2) is 13.1 Å². The maximum Gasteiger partial charge on any atom is 0.250 e. The molecule has 0 aliphatic heterocycles. The van der Waals surface area contributed by atoms with Gasteiger partial charge in [0.05, 0.1) is 6.54 Å². The summed E-state index contributed by atoms with van der Waals surface area (Å²) in [6, 6.07) is 3.27. The molecule has 0 amide bonds. The lowest BCUT2D eigenvalue weighted by atomic mass is 10.7. The number of aromatic nitrogens is 4. The number of fused-ring (bicyclic) bond motifs is 1. The third-order valence-corrected chi connectivity index (χ3v) is 6.06. The summed E-state index contributed by atoms with van der Waals surface area (Å²) < 4.78 is 28.3. The molecule has 3 aromatic heterocycles. The fourth-order valence-electron chi connectivity index (χ4n) is 1.47. The largest absolute Gasteiger partial charge is 0.250 e. The highest BCUT2D eigenvalue weighted by Gasteiger charge is 2.16. The average molecular weight is 315 g/mol. The lowest BCUT2D eigenvalue weighted by Crippen LogP contribution is -2.22. The third-order valence-electron chi connectivity index (χ3n) is 2.36. The molecule has 10 heteroatoms. The molecule has 0 saturated carbocycles. The summed E-state index contributed by atoms with van der Waals surface area (Å²) in [6.07, 6.45) is 0. The molecular weight excluding hydrogens is 306 g/mol. The standard InChI is InChI=1S/C9H9N5O2S3/c1-6-11-12-9-14(6)13-7(18-9)5-10-19(15,16)8-3-2-4-17-8/h2-4,10H,5H2,1H3. The van der Waals surface area contributed by atoms with Crippen molar-refractivity contribution in [3.8, 4) is 0 Å². The zero-order chi connectivity index (χ0) is 13.5. The Bertz CT molecular complexity index is 802. The van der Waals surface area contributed by atoms with Crippen molar-refractivity contribution in [1.29, 1.82) is 0 Å². The average Bonchev–Trinajstić information content (AvgIpc) is 3.06. The minimum absolute atomic E-state index is 0.147. The Labute approximate surface area is 117 Å². The van der Waals surface area contributed by atoms with Crippen LogP contribution in [0.3, 0.4) is 0 Å². The third kappa shape index (κ3) is 2.39. The highest BCUT2D eigenvalue weighted by atomic mass is 32.2. The van der Waals surface area contributed by atoms with Crippen LogP contribution in [0.1, 0.15) is 10.8 Å². The number of thiophene rings is 1. The highest BCUT2D eigenvalue weighted by Crippen LogP contribution is 2.17. The van der Waals surface area contributed by atoms with Crippen LogP contribution < -0.4 is 4.72 Å². The summed E-state index contributed by atoms with van der Waals surface area (Å²) in [5, 5.41) is 14.4. The van der Waals surface area contributed by atoms with Gasteiger partial charge in [0.25, 0.3) is 0 Å². The molecule has 0 unspecified atom stereocenters. The summed E-state index contributed by atoms with van der Waals surface area (Å²) >= 11 is 2.49. The highest BCUT2D eigenvalue weighted by molar-refractivity contribution is 7.91. The first kappa shape index (κ1) is 12.7. The molecule has 0 atom stereocenters. The van der Waals surface area contributed by atoms with Crippen LogP contribution in [0, 0.1) is 6.92 Å². The monoisotopic (exact) mass is 315 g/mol. The molecule has 19 heavy (non-hydrogen) atoms. The topological polar surface area (TPSA) is 89.2 Å². The molecule has 0 aliphatic carbocycles. The van der Waals surface area contributed by atoms with Gasteiger partial charge in [0.1, 0.15) is 9.22 Å². The van der Waals surface area contributed by atoms with Gasteiger partial charge in [0.15, 0.2) is 5.82 Å². The number of sulfonamides is 1. The van der Waals surface area contributed by atoms with Crippen molar-refractivity contribution in [1.82, 2.24) is 24.5 Å². The Morgan fingerprint density at radius 3 is 2.95 bits per heavy atom. The van der Waals surface area contributed by atoms with Gasteiger partial charge in [-0.05, 0) is 18.4 Å². The van der Waals surface area contributed by atoms with Gasteiger partial charge in [-0.2, -0.15) is 9.61 Å². The van der Waals surface area contributed by atoms with Gasteiger partial charge in [-0.15, -0.1) is 21.5 Å². The molecule has 3 heterocycles. The minimum atomic E-state index is -3.46. The molecule has 0 radical (unpaired) electrons. The minimum Gasteiger partial charge on any atom is -0.206 e. The molecule has 0 spiro atoms. The van der Waals surface area contributed by atoms with Gasteiger partial charge < -0.3 is 0 Å². The summed E-state index contributed by atoms with van der Waals surface area (Å²) in [5.41, 5.74) is 0. The van der Waals surface area contributed by atoms with Gasteiger partial charge >= 0.3 is 0 Å². The van der Waals surface area contributed by atoms with Crippen molar-refractivity contribution in [2.24, 2.45) is 0 Å². The van der Waals surface area contributed by atoms with Gasteiger partial charge in [-0.1, -0.05) is 17.4 Å². The van der Waals surface area contributed by atoms with E-state index in [2.05, 4.69) is 20.0 Å². The summed E-state index contributed by atoms with van der Waals surface area (Å²) in [7, 11) is -3.46. The molecule has 0 aromatic carbocycles. The van der Waals surface area contributed by atoms with Crippen LogP contribution in [0.5, 0.6) is 0 Å². The number of nitrogens with zero attached hydrogens (tertiary/aromatic N) is 4. The quantitative estimate of drug-likeness (QED) is 0.777. The molecule has 100 valence electrons. The molecule has 0 fully saturated rings. The van der Waals surface area contributed by atoms with Crippen molar-refractivity contribution in [2.45, 2.75) is 17.7 Å². The molecule has 0 bridgehead atoms. The molecule has 0 saturated heterocycles. The van der Waals surface area contributed by atoms with Crippen LogP contribution >= 0.6 is 22.7 Å². The number of hydrogen-bond donors (Lipinski definition) is 1. The van der Waals surface area contributed by atoms with E-state index in [1.54, 1.807) is 29.0 Å². The SMILES string of the molecule is Cc1nnc2sc(CNS(=O)(=O)c3cccs3)nn12. The first-order valence-electron chi connectivity index (χ1n) is 5.27. The van der Waals surface area contributed by atoms with Gasteiger partial charge in [0, 0.05) is 0 Å². The summed E-state index contributed by atoms with van der Waals surface area (Å²) in [6.45, 7) is 1.94. The first-order chi connectivity index (χ1) is 9.06. The van der Waals surface area contributed by atoms with Gasteiger partial charge in [-0.3, -0.25) is 0 Å². The van der Waals surface area contributed by atoms with Crippen LogP contribution in [-0.4, -0.2) is 28.2 Å². The molecule has 0 aliphatic rings. The first-order valence-corrected chi connectivity index (χ1v) is 8.45. The molecule has 7 nitrogen and oxygen atoms in total. The summed E-state index contributed by atoms with van der Waals surface area (Å²) in [5.74, 6) is 0.679. The molecule has 1 N–H and O–H groups in total. The number of aryl methyl sites for hydroxylation is 1. The molecule has 3 aromatic rings. The Morgan fingerprint density at radius 2 is 2.26 bits per heavy atom. The lowest BCUT2D eigenvalue weighted by molar-refractivity contribution is 0.582. The van der Waals surface area contributed by atoms with Crippen LogP contribution in [0.15, 0.2) is 21.7 Å². The summed E-state index contributed by atoms with van der Waals surface area (Å²) in [4.78, 5) is 0.655. The fraction of sp³-hybridized carbons (Fsp3) is 0.222. The van der Waals surface area contributed by atoms with E-state index in [9.17, 15) is 8.42 Å². The number of nitrogens with one attached hydrogen (secondary N) is 1. The zero-order valence-corrected chi connectivity index (χ0v) is 12.2. The Morgan fingerprint density at radius 1 is 1.42 bits per heavy atom. The van der Waals surface area contributed by atoms with E-state index in [1.807, 2.05) is 0 Å². The van der Waals surface area contributed by atoms with E-state index in [4.69, 9.17) is 0 Å². The smallest absolute Gasteiger partial charge is 0.206 e. The van der Waals surface area contributed by atoms with E-state index in [-0.39, 0.29) is 6.54 Å². The Kier molecular flexibility index (Phi) is 3.09.